The molecule has 1 aliphatic heterocycles. The lowest BCUT2D eigenvalue weighted by Gasteiger charge is -2.13. The van der Waals surface area contributed by atoms with Crippen LogP contribution in [0.4, 0.5) is 10.3 Å². The number of nitrogens with one attached hydrogen (secondary N) is 1. The molecule has 0 radical (unpaired) electrons. The zero-order valence-electron chi connectivity index (χ0n) is 16.0. The van der Waals surface area contributed by atoms with Crippen LogP contribution in [0.15, 0.2) is 17.8 Å². The second-order valence-corrected chi connectivity index (χ2v) is 7.59. The van der Waals surface area contributed by atoms with Gasteiger partial charge in [0.15, 0.2) is 0 Å². The minimum absolute atomic E-state index is 0.820. The SMILES string of the molecule is COC(=O)C(C)(C)F.Cc1[nH+]c(C#Cc2cnc(N3CCCC3)nc2)cs1. The number of H-pyrrole nitrogens is 1. The van der Waals surface area contributed by atoms with Gasteiger partial charge in [0.25, 0.3) is 5.69 Å². The highest BCUT2D eigenvalue weighted by atomic mass is 32.1. The second-order valence-electron chi connectivity index (χ2n) is 6.51. The van der Waals surface area contributed by atoms with Crippen molar-refractivity contribution >= 4 is 23.3 Å². The lowest BCUT2D eigenvalue weighted by atomic mass is 10.2. The number of alkyl halides is 1. The molecule has 1 aliphatic rings. The van der Waals surface area contributed by atoms with Gasteiger partial charge in [0.2, 0.25) is 16.6 Å². The topological polar surface area (TPSA) is 69.5 Å². The first-order chi connectivity index (χ1) is 12.8. The highest BCUT2D eigenvalue weighted by Crippen LogP contribution is 2.14. The number of hydrogen-bond acceptors (Lipinski definition) is 6. The number of thiazole rings is 1. The molecule has 6 nitrogen and oxygen atoms in total. The van der Waals surface area contributed by atoms with Gasteiger partial charge >= 0.3 is 5.97 Å². The van der Waals surface area contributed by atoms with E-state index in [1.807, 2.05) is 12.3 Å². The normalized spacial score (nSPS) is 13.3. The van der Waals surface area contributed by atoms with Crippen molar-refractivity contribution in [3.8, 4) is 11.8 Å². The predicted molar refractivity (Wildman–Crippen MR) is 102 cm³/mol. The predicted octanol–water partition coefficient (Wildman–Crippen LogP) is 2.57. The van der Waals surface area contributed by atoms with Crippen LogP contribution in [0.2, 0.25) is 0 Å². The van der Waals surface area contributed by atoms with E-state index >= 15 is 0 Å². The smallest absolute Gasteiger partial charge is 0.343 e. The van der Waals surface area contributed by atoms with Gasteiger partial charge in [0.1, 0.15) is 0 Å². The first-order valence-corrected chi connectivity index (χ1v) is 9.51. The van der Waals surface area contributed by atoms with Gasteiger partial charge in [0, 0.05) is 38.3 Å². The average molecular weight is 391 g/mol. The average Bonchev–Trinajstić information content (AvgIpc) is 3.31. The van der Waals surface area contributed by atoms with E-state index in [-0.39, 0.29) is 0 Å². The quantitative estimate of drug-likeness (QED) is 0.581. The summed E-state index contributed by atoms with van der Waals surface area (Å²) in [6, 6.07) is 0. The Morgan fingerprint density at radius 1 is 1.30 bits per heavy atom. The lowest BCUT2D eigenvalue weighted by Crippen LogP contribution is -2.26. The summed E-state index contributed by atoms with van der Waals surface area (Å²) < 4.78 is 16.4. The standard InChI is InChI=1S/C14H14N4S.C5H9FO2/c1-11-17-13(10-19-11)5-4-12-8-15-14(16-9-12)18-6-2-3-7-18;1-5(2,6)4(7)8-3/h8-10H,2-3,6-7H2,1H3;1-3H3/p+1. The van der Waals surface area contributed by atoms with Gasteiger partial charge in [-0.2, -0.15) is 4.98 Å². The van der Waals surface area contributed by atoms with Crippen LogP contribution in [-0.2, 0) is 9.53 Å². The van der Waals surface area contributed by atoms with Crippen molar-refractivity contribution in [3.05, 3.63) is 34.0 Å². The number of aromatic nitrogens is 3. The molecule has 1 N–H and O–H groups in total. The Kier molecular flexibility index (Phi) is 7.25. The number of rotatable bonds is 2. The Morgan fingerprint density at radius 2 is 1.93 bits per heavy atom. The number of ether oxygens (including phenoxy) is 1. The van der Waals surface area contributed by atoms with Gasteiger partial charge in [-0.05, 0) is 26.7 Å². The van der Waals surface area contributed by atoms with Crippen LogP contribution >= 0.6 is 11.3 Å². The highest BCUT2D eigenvalue weighted by Gasteiger charge is 2.26. The number of carbonyl (C=O) groups is 1. The van der Waals surface area contributed by atoms with Gasteiger partial charge in [-0.15, -0.1) is 0 Å². The summed E-state index contributed by atoms with van der Waals surface area (Å²) in [6.07, 6.45) is 6.07. The van der Waals surface area contributed by atoms with E-state index in [0.29, 0.717) is 0 Å². The number of nitrogens with zero attached hydrogens (tertiary/aromatic N) is 3. The van der Waals surface area contributed by atoms with Gasteiger partial charge in [-0.25, -0.2) is 19.2 Å². The fraction of sp³-hybridized carbons (Fsp3) is 0.474. The minimum atomic E-state index is -1.85. The Morgan fingerprint density at radius 3 is 2.37 bits per heavy atom. The van der Waals surface area contributed by atoms with E-state index in [0.717, 1.165) is 56.3 Å². The van der Waals surface area contributed by atoms with Crippen molar-refractivity contribution in [1.29, 1.82) is 0 Å². The van der Waals surface area contributed by atoms with Crippen LogP contribution in [0.3, 0.4) is 0 Å². The summed E-state index contributed by atoms with van der Waals surface area (Å²) >= 11 is 1.66. The van der Waals surface area contributed by atoms with Crippen molar-refractivity contribution < 1.29 is 18.9 Å². The molecule has 0 amide bonds. The van der Waals surface area contributed by atoms with Crippen molar-refractivity contribution in [2.75, 3.05) is 25.1 Å². The molecular weight excluding hydrogens is 367 g/mol. The molecule has 144 valence electrons. The highest BCUT2D eigenvalue weighted by molar-refractivity contribution is 7.09. The Hall–Kier alpha value is -2.53. The molecule has 0 aliphatic carbocycles. The fourth-order valence-electron chi connectivity index (χ4n) is 2.31. The Labute approximate surface area is 162 Å². The number of halogens is 1. The monoisotopic (exact) mass is 391 g/mol. The first-order valence-electron chi connectivity index (χ1n) is 8.63. The zero-order chi connectivity index (χ0) is 19.9. The van der Waals surface area contributed by atoms with Crippen molar-refractivity contribution in [2.24, 2.45) is 0 Å². The number of aryl methyl sites for hydroxylation is 1. The summed E-state index contributed by atoms with van der Waals surface area (Å²) in [5, 5.41) is 3.17. The van der Waals surface area contributed by atoms with Gasteiger partial charge < -0.3 is 9.64 Å². The van der Waals surface area contributed by atoms with Gasteiger partial charge in [-0.3, -0.25) is 0 Å². The molecule has 0 saturated carbocycles. The molecule has 0 bridgehead atoms. The molecule has 0 spiro atoms. The van der Waals surface area contributed by atoms with E-state index in [2.05, 4.69) is 36.4 Å². The van der Waals surface area contributed by atoms with Crippen molar-refractivity contribution in [3.63, 3.8) is 0 Å². The van der Waals surface area contributed by atoms with E-state index < -0.39 is 11.6 Å². The number of aromatic amines is 1. The maximum atomic E-state index is 12.3. The number of esters is 1. The largest absolute Gasteiger partial charge is 0.467 e. The van der Waals surface area contributed by atoms with Crippen LogP contribution in [0.25, 0.3) is 0 Å². The third-order valence-electron chi connectivity index (χ3n) is 3.70. The maximum Gasteiger partial charge on any atom is 0.343 e. The van der Waals surface area contributed by atoms with Gasteiger partial charge in [-0.1, -0.05) is 17.3 Å². The number of hydrogen-bond donors (Lipinski definition) is 0. The molecule has 1 fully saturated rings. The van der Waals surface area contributed by atoms with Crippen LogP contribution in [0.5, 0.6) is 0 Å². The molecule has 3 rings (SSSR count). The van der Waals surface area contributed by atoms with E-state index in [1.54, 1.807) is 23.7 Å². The Bertz CT molecular complexity index is 813. The molecular formula is C19H24FN4O2S+. The number of carbonyl (C=O) groups excluding carboxylic acids is 1. The van der Waals surface area contributed by atoms with E-state index in [4.69, 9.17) is 0 Å². The molecule has 2 aromatic rings. The molecule has 2 aromatic heterocycles. The second kappa shape index (κ2) is 9.42. The summed E-state index contributed by atoms with van der Waals surface area (Å²) in [5.41, 5.74) is -0.0688. The molecule has 27 heavy (non-hydrogen) atoms. The van der Waals surface area contributed by atoms with E-state index in [9.17, 15) is 9.18 Å². The number of methoxy groups -OCH3 is 1. The molecule has 1 saturated heterocycles. The summed E-state index contributed by atoms with van der Waals surface area (Å²) in [6.45, 7) is 6.46. The van der Waals surface area contributed by atoms with Crippen LogP contribution < -0.4 is 9.88 Å². The zero-order valence-corrected chi connectivity index (χ0v) is 16.8. The molecule has 3 heterocycles. The van der Waals surface area contributed by atoms with Crippen molar-refractivity contribution in [2.45, 2.75) is 39.3 Å². The Balaban J connectivity index is 0.000000279. The van der Waals surface area contributed by atoms with Crippen LogP contribution in [-0.4, -0.2) is 41.8 Å². The third kappa shape index (κ3) is 6.61. The van der Waals surface area contributed by atoms with Crippen molar-refractivity contribution in [1.82, 2.24) is 9.97 Å². The first kappa shape index (κ1) is 20.8. The lowest BCUT2D eigenvalue weighted by molar-refractivity contribution is -0.383. The molecule has 8 heteroatoms. The summed E-state index contributed by atoms with van der Waals surface area (Å²) in [5.74, 6) is 6.14. The maximum absolute atomic E-state index is 12.3. The molecule has 0 unspecified atom stereocenters. The van der Waals surface area contributed by atoms with Crippen LogP contribution in [0.1, 0.15) is 43.0 Å². The third-order valence-corrected chi connectivity index (χ3v) is 4.51. The molecule has 0 aromatic carbocycles. The summed E-state index contributed by atoms with van der Waals surface area (Å²) in [7, 11) is 1.16. The molecule has 0 atom stereocenters. The number of anilines is 1. The fourth-order valence-corrected chi connectivity index (χ4v) is 2.89. The van der Waals surface area contributed by atoms with Gasteiger partial charge in [0.05, 0.1) is 18.1 Å². The minimum Gasteiger partial charge on any atom is -0.467 e. The van der Waals surface area contributed by atoms with E-state index in [1.165, 1.54) is 12.8 Å². The van der Waals surface area contributed by atoms with Crippen LogP contribution in [0, 0.1) is 18.8 Å². The summed E-state index contributed by atoms with van der Waals surface area (Å²) in [4.78, 5) is 24.4.